The maximum absolute atomic E-state index is 13.4. The van der Waals surface area contributed by atoms with Crippen LogP contribution in [0.1, 0.15) is 23.2 Å². The van der Waals surface area contributed by atoms with Crippen LogP contribution in [0.25, 0.3) is 22.5 Å². The lowest BCUT2D eigenvalue weighted by atomic mass is 10.1. The topological polar surface area (TPSA) is 104 Å². The number of benzene rings is 1. The number of hydrogen-bond acceptors (Lipinski definition) is 6. The number of amides is 1. The van der Waals surface area contributed by atoms with Gasteiger partial charge in [0.05, 0.1) is 35.5 Å². The summed E-state index contributed by atoms with van der Waals surface area (Å²) in [5.41, 5.74) is 9.74. The van der Waals surface area contributed by atoms with Gasteiger partial charge in [-0.1, -0.05) is 12.1 Å². The van der Waals surface area contributed by atoms with Gasteiger partial charge in [-0.05, 0) is 31.0 Å². The molecule has 3 aromatic rings. The van der Waals surface area contributed by atoms with Crippen molar-refractivity contribution in [3.8, 4) is 22.5 Å². The van der Waals surface area contributed by atoms with Gasteiger partial charge in [-0.15, -0.1) is 0 Å². The van der Waals surface area contributed by atoms with E-state index < -0.39 is 11.4 Å². The number of rotatable bonds is 6. The Hall–Kier alpha value is -3.55. The SMILES string of the molecule is N=NC1(CNC(=O)c2ccc(-c3cncc(-c4cncc(F)c4)n3)cc2)CC1. The molecule has 0 saturated heterocycles. The molecule has 0 unspecified atom stereocenters. The van der Waals surface area contributed by atoms with Crippen molar-refractivity contribution >= 4 is 5.91 Å². The van der Waals surface area contributed by atoms with Gasteiger partial charge in [0.25, 0.3) is 5.91 Å². The lowest BCUT2D eigenvalue weighted by molar-refractivity contribution is 0.0949. The second kappa shape index (κ2) is 7.22. The van der Waals surface area contributed by atoms with Crippen LogP contribution in [-0.4, -0.2) is 32.9 Å². The van der Waals surface area contributed by atoms with Gasteiger partial charge in [0.2, 0.25) is 0 Å². The molecule has 0 aliphatic heterocycles. The first-order valence-corrected chi connectivity index (χ1v) is 8.79. The number of nitrogens with zero attached hydrogens (tertiary/aromatic N) is 4. The fraction of sp³-hybridized carbons (Fsp3) is 0.200. The maximum Gasteiger partial charge on any atom is 0.251 e. The number of halogens is 1. The predicted molar refractivity (Wildman–Crippen MR) is 100 cm³/mol. The van der Waals surface area contributed by atoms with Gasteiger partial charge in [-0.2, -0.15) is 5.11 Å². The third-order valence-corrected chi connectivity index (χ3v) is 4.72. The van der Waals surface area contributed by atoms with Crippen LogP contribution in [0.2, 0.25) is 0 Å². The molecule has 8 heteroatoms. The van der Waals surface area contributed by atoms with Crippen LogP contribution < -0.4 is 5.32 Å². The lowest BCUT2D eigenvalue weighted by Gasteiger charge is -2.10. The van der Waals surface area contributed by atoms with Crippen LogP contribution in [0.15, 0.2) is 60.2 Å². The second-order valence-corrected chi connectivity index (χ2v) is 6.78. The Bertz CT molecular complexity index is 1030. The maximum atomic E-state index is 13.4. The van der Waals surface area contributed by atoms with Gasteiger partial charge in [0.1, 0.15) is 5.82 Å². The Morgan fingerprint density at radius 1 is 1.07 bits per heavy atom. The number of carbonyl (C=O) groups excluding carboxylic acids is 1. The Morgan fingerprint density at radius 3 is 2.39 bits per heavy atom. The minimum absolute atomic E-state index is 0.202. The molecule has 1 fully saturated rings. The van der Waals surface area contributed by atoms with E-state index >= 15 is 0 Å². The van der Waals surface area contributed by atoms with E-state index in [4.69, 9.17) is 5.53 Å². The highest BCUT2D eigenvalue weighted by Gasteiger charge is 2.43. The lowest BCUT2D eigenvalue weighted by Crippen LogP contribution is -2.32. The van der Waals surface area contributed by atoms with E-state index in [9.17, 15) is 9.18 Å². The molecule has 140 valence electrons. The molecule has 0 bridgehead atoms. The van der Waals surface area contributed by atoms with E-state index in [-0.39, 0.29) is 5.91 Å². The molecule has 7 nitrogen and oxygen atoms in total. The molecule has 4 rings (SSSR count). The molecular formula is C20H17FN6O. The van der Waals surface area contributed by atoms with Gasteiger partial charge in [-0.25, -0.2) is 14.9 Å². The molecule has 1 amide bonds. The van der Waals surface area contributed by atoms with Crippen molar-refractivity contribution in [1.82, 2.24) is 20.3 Å². The molecule has 2 aromatic heterocycles. The molecule has 0 spiro atoms. The number of nitrogens with one attached hydrogen (secondary N) is 2. The summed E-state index contributed by atoms with van der Waals surface area (Å²) in [5, 5.41) is 6.41. The summed E-state index contributed by atoms with van der Waals surface area (Å²) in [6.07, 6.45) is 7.50. The number of hydrogen-bond donors (Lipinski definition) is 2. The molecule has 2 N–H and O–H groups in total. The zero-order valence-electron chi connectivity index (χ0n) is 14.9. The predicted octanol–water partition coefficient (Wildman–Crippen LogP) is 3.64. The van der Waals surface area contributed by atoms with Crippen molar-refractivity contribution in [3.05, 3.63) is 66.5 Å². The summed E-state index contributed by atoms with van der Waals surface area (Å²) >= 11 is 0. The monoisotopic (exact) mass is 376 g/mol. The molecule has 28 heavy (non-hydrogen) atoms. The van der Waals surface area contributed by atoms with E-state index in [2.05, 4.69) is 25.4 Å². The molecule has 1 saturated carbocycles. The zero-order valence-corrected chi connectivity index (χ0v) is 14.9. The fourth-order valence-corrected chi connectivity index (χ4v) is 2.81. The molecular weight excluding hydrogens is 359 g/mol. The molecule has 0 atom stereocenters. The highest BCUT2D eigenvalue weighted by atomic mass is 19.1. The Labute approximate surface area is 160 Å². The quantitative estimate of drug-likeness (QED) is 0.641. The first kappa shape index (κ1) is 17.8. The summed E-state index contributed by atoms with van der Waals surface area (Å²) in [6, 6.07) is 8.34. The number of carbonyl (C=O) groups is 1. The molecule has 1 aliphatic rings. The van der Waals surface area contributed by atoms with Crippen LogP contribution in [0, 0.1) is 11.3 Å². The number of pyridine rings is 1. The van der Waals surface area contributed by atoms with E-state index in [1.54, 1.807) is 36.7 Å². The highest BCUT2D eigenvalue weighted by molar-refractivity contribution is 5.94. The average Bonchev–Trinajstić information content (AvgIpc) is 3.53. The first-order chi connectivity index (χ1) is 13.6. The van der Waals surface area contributed by atoms with Gasteiger partial charge >= 0.3 is 0 Å². The van der Waals surface area contributed by atoms with Crippen molar-refractivity contribution in [2.75, 3.05) is 6.54 Å². The average molecular weight is 376 g/mol. The van der Waals surface area contributed by atoms with Crippen molar-refractivity contribution in [2.45, 2.75) is 18.4 Å². The standard InChI is InChI=1S/C20H17FN6O/c21-16-7-15(8-23-9-16)18-11-24-10-17(26-18)13-1-3-14(4-2-13)19(28)25-12-20(27-22)5-6-20/h1-4,7-11,22H,5-6,12H2,(H,25,28). The van der Waals surface area contributed by atoms with Crippen molar-refractivity contribution in [1.29, 1.82) is 5.53 Å². The van der Waals surface area contributed by atoms with Gasteiger partial charge in [0.15, 0.2) is 0 Å². The van der Waals surface area contributed by atoms with Crippen molar-refractivity contribution in [3.63, 3.8) is 0 Å². The van der Waals surface area contributed by atoms with Crippen LogP contribution in [0.3, 0.4) is 0 Å². The third kappa shape index (κ3) is 3.75. The van der Waals surface area contributed by atoms with E-state index in [1.165, 1.54) is 12.3 Å². The Morgan fingerprint density at radius 2 is 1.75 bits per heavy atom. The summed E-state index contributed by atoms with van der Waals surface area (Å²) in [6.45, 7) is 0.381. The minimum Gasteiger partial charge on any atom is -0.350 e. The normalized spacial score (nSPS) is 14.3. The minimum atomic E-state index is -0.439. The van der Waals surface area contributed by atoms with Gasteiger partial charge < -0.3 is 5.32 Å². The Kier molecular flexibility index (Phi) is 4.60. The summed E-state index contributed by atoms with van der Waals surface area (Å²) in [5.74, 6) is -0.640. The van der Waals surface area contributed by atoms with Crippen LogP contribution in [0.5, 0.6) is 0 Å². The van der Waals surface area contributed by atoms with Gasteiger partial charge in [-0.3, -0.25) is 14.8 Å². The molecule has 2 heterocycles. The molecule has 1 aliphatic carbocycles. The van der Waals surface area contributed by atoms with Gasteiger partial charge in [0, 0.05) is 29.4 Å². The highest BCUT2D eigenvalue weighted by Crippen LogP contribution is 2.38. The second-order valence-electron chi connectivity index (χ2n) is 6.78. The number of aromatic nitrogens is 3. The summed E-state index contributed by atoms with van der Waals surface area (Å²) in [7, 11) is 0. The van der Waals surface area contributed by atoms with Crippen molar-refractivity contribution < 1.29 is 9.18 Å². The zero-order chi connectivity index (χ0) is 19.6. The molecule has 1 aromatic carbocycles. The van der Waals surface area contributed by atoms with E-state index in [1.807, 2.05) is 0 Å². The molecule has 0 radical (unpaired) electrons. The summed E-state index contributed by atoms with van der Waals surface area (Å²) in [4.78, 5) is 24.8. The fourth-order valence-electron chi connectivity index (χ4n) is 2.81. The first-order valence-electron chi connectivity index (χ1n) is 8.79. The Balaban J connectivity index is 1.50. The van der Waals surface area contributed by atoms with Crippen molar-refractivity contribution in [2.24, 2.45) is 5.11 Å². The van der Waals surface area contributed by atoms with Crippen LogP contribution in [-0.2, 0) is 0 Å². The summed E-state index contributed by atoms with van der Waals surface area (Å²) < 4.78 is 13.4. The smallest absolute Gasteiger partial charge is 0.251 e. The van der Waals surface area contributed by atoms with Crippen LogP contribution in [0.4, 0.5) is 4.39 Å². The van der Waals surface area contributed by atoms with Crippen LogP contribution >= 0.6 is 0 Å². The van der Waals surface area contributed by atoms with E-state index in [0.717, 1.165) is 24.6 Å². The third-order valence-electron chi connectivity index (χ3n) is 4.72. The largest absolute Gasteiger partial charge is 0.350 e. The van der Waals surface area contributed by atoms with E-state index in [0.29, 0.717) is 29.1 Å².